The van der Waals surface area contributed by atoms with Crippen LogP contribution in [0.2, 0.25) is 0 Å². The Bertz CT molecular complexity index is 1810. The minimum atomic E-state index is -4.24. The molecule has 218 valence electrons. The lowest BCUT2D eigenvalue weighted by Crippen LogP contribution is -2.53. The van der Waals surface area contributed by atoms with Crippen molar-refractivity contribution in [3.63, 3.8) is 0 Å². The van der Waals surface area contributed by atoms with Gasteiger partial charge in [-0.05, 0) is 59.7 Å². The molecular formula is C29H23F4N3O4S2. The molecule has 0 radical (unpaired) electrons. The SMILES string of the molecule is O=C(NN(Cc1cc(F)ccc1F)C(=O)c1ccc(F)cc1F)[C@@H]1C[C@@H](S)CN1S(=O)(=O)c1ccc2ccccc2c1. The second-order valence-electron chi connectivity index (χ2n) is 9.72. The van der Waals surface area contributed by atoms with Crippen LogP contribution in [0.5, 0.6) is 0 Å². The molecule has 1 fully saturated rings. The van der Waals surface area contributed by atoms with Crippen molar-refractivity contribution >= 4 is 45.2 Å². The van der Waals surface area contributed by atoms with Crippen molar-refractivity contribution in [1.29, 1.82) is 0 Å². The predicted octanol–water partition coefficient (Wildman–Crippen LogP) is 4.83. The molecule has 0 bridgehead atoms. The zero-order valence-electron chi connectivity index (χ0n) is 21.7. The van der Waals surface area contributed by atoms with E-state index < -0.39 is 68.5 Å². The molecule has 0 spiro atoms. The van der Waals surface area contributed by atoms with Gasteiger partial charge in [0.1, 0.15) is 29.3 Å². The van der Waals surface area contributed by atoms with E-state index in [0.717, 1.165) is 40.0 Å². The van der Waals surface area contributed by atoms with Gasteiger partial charge in [0.05, 0.1) is 17.0 Å². The van der Waals surface area contributed by atoms with Crippen molar-refractivity contribution < 1.29 is 35.6 Å². The molecule has 4 aromatic carbocycles. The van der Waals surface area contributed by atoms with E-state index in [4.69, 9.17) is 0 Å². The maximum absolute atomic E-state index is 14.5. The molecule has 1 heterocycles. The highest BCUT2D eigenvalue weighted by molar-refractivity contribution is 7.89. The fourth-order valence-corrected chi connectivity index (χ4v) is 6.93. The van der Waals surface area contributed by atoms with E-state index >= 15 is 0 Å². The van der Waals surface area contributed by atoms with E-state index in [0.29, 0.717) is 16.5 Å². The zero-order valence-corrected chi connectivity index (χ0v) is 23.4. The number of thiol groups is 1. The Balaban J connectivity index is 1.47. The van der Waals surface area contributed by atoms with Gasteiger partial charge in [-0.15, -0.1) is 0 Å². The van der Waals surface area contributed by atoms with E-state index in [1.807, 2.05) is 12.1 Å². The summed E-state index contributed by atoms with van der Waals surface area (Å²) >= 11 is 4.38. The minimum Gasteiger partial charge on any atom is -0.271 e. The largest absolute Gasteiger partial charge is 0.275 e. The summed E-state index contributed by atoms with van der Waals surface area (Å²) in [7, 11) is -4.24. The molecule has 1 aliphatic rings. The van der Waals surface area contributed by atoms with Gasteiger partial charge in [-0.25, -0.2) is 31.0 Å². The third kappa shape index (κ3) is 5.98. The first-order chi connectivity index (χ1) is 19.9. The lowest BCUT2D eigenvalue weighted by molar-refractivity contribution is -0.128. The molecule has 4 aromatic rings. The van der Waals surface area contributed by atoms with E-state index in [-0.39, 0.29) is 23.4 Å². The fourth-order valence-electron chi connectivity index (χ4n) is 4.76. The molecular weight excluding hydrogens is 594 g/mol. The highest BCUT2D eigenvalue weighted by atomic mass is 32.2. The monoisotopic (exact) mass is 617 g/mol. The summed E-state index contributed by atoms with van der Waals surface area (Å²) in [4.78, 5) is 26.8. The van der Waals surface area contributed by atoms with Crippen LogP contribution in [0, 0.1) is 23.3 Å². The molecule has 0 aliphatic carbocycles. The zero-order chi connectivity index (χ0) is 30.2. The van der Waals surface area contributed by atoms with Gasteiger partial charge < -0.3 is 0 Å². The maximum Gasteiger partial charge on any atom is 0.275 e. The number of carbonyl (C=O) groups is 2. The summed E-state index contributed by atoms with van der Waals surface area (Å²) in [5, 5.41) is 1.46. The van der Waals surface area contributed by atoms with Gasteiger partial charge in [0.25, 0.3) is 11.8 Å². The summed E-state index contributed by atoms with van der Waals surface area (Å²) < 4.78 is 84.7. The summed E-state index contributed by atoms with van der Waals surface area (Å²) in [5.74, 6) is -6.15. The first-order valence-corrected chi connectivity index (χ1v) is 14.6. The second-order valence-corrected chi connectivity index (χ2v) is 12.3. The lowest BCUT2D eigenvalue weighted by atomic mass is 10.1. The van der Waals surface area contributed by atoms with Crippen LogP contribution in [0.25, 0.3) is 10.8 Å². The van der Waals surface area contributed by atoms with Crippen LogP contribution in [0.4, 0.5) is 17.6 Å². The van der Waals surface area contributed by atoms with E-state index in [2.05, 4.69) is 18.1 Å². The third-order valence-electron chi connectivity index (χ3n) is 6.85. The summed E-state index contributed by atoms with van der Waals surface area (Å²) in [6.07, 6.45) is -0.0387. The highest BCUT2D eigenvalue weighted by Gasteiger charge is 2.44. The van der Waals surface area contributed by atoms with Gasteiger partial charge in [-0.3, -0.25) is 15.0 Å². The predicted molar refractivity (Wildman–Crippen MR) is 150 cm³/mol. The van der Waals surface area contributed by atoms with E-state index in [1.165, 1.54) is 12.1 Å². The molecule has 2 atom stereocenters. The number of carbonyl (C=O) groups excluding carboxylic acids is 2. The first kappa shape index (κ1) is 29.5. The molecule has 1 saturated heterocycles. The lowest BCUT2D eigenvalue weighted by Gasteiger charge is -2.28. The van der Waals surface area contributed by atoms with Crippen LogP contribution in [-0.2, 0) is 21.4 Å². The van der Waals surface area contributed by atoms with Crippen LogP contribution in [0.3, 0.4) is 0 Å². The first-order valence-electron chi connectivity index (χ1n) is 12.6. The number of benzene rings is 4. The van der Waals surface area contributed by atoms with Crippen molar-refractivity contribution in [2.24, 2.45) is 0 Å². The summed E-state index contributed by atoms with van der Waals surface area (Å²) in [6, 6.07) is 14.9. The fraction of sp³-hybridized carbons (Fsp3) is 0.172. The van der Waals surface area contributed by atoms with Crippen molar-refractivity contribution in [2.45, 2.75) is 29.2 Å². The normalized spacial score (nSPS) is 17.4. The quantitative estimate of drug-likeness (QED) is 0.184. The van der Waals surface area contributed by atoms with Crippen LogP contribution in [0.15, 0.2) is 83.8 Å². The number of nitrogens with one attached hydrogen (secondary N) is 1. The highest BCUT2D eigenvalue weighted by Crippen LogP contribution is 2.30. The van der Waals surface area contributed by atoms with Crippen LogP contribution in [-0.4, -0.2) is 47.4 Å². The molecule has 7 nitrogen and oxygen atoms in total. The average molecular weight is 618 g/mol. The molecule has 5 rings (SSSR count). The Morgan fingerprint density at radius 1 is 0.881 bits per heavy atom. The number of sulfonamides is 1. The van der Waals surface area contributed by atoms with Gasteiger partial charge in [0.2, 0.25) is 10.0 Å². The number of fused-ring (bicyclic) bond motifs is 1. The smallest absolute Gasteiger partial charge is 0.271 e. The second kappa shape index (κ2) is 11.7. The van der Waals surface area contributed by atoms with Gasteiger partial charge >= 0.3 is 0 Å². The van der Waals surface area contributed by atoms with Crippen molar-refractivity contribution in [3.05, 3.63) is 113 Å². The Hall–Kier alpha value is -3.94. The molecule has 2 amide bonds. The maximum atomic E-state index is 14.5. The van der Waals surface area contributed by atoms with Crippen LogP contribution in [0.1, 0.15) is 22.3 Å². The number of hydrogen-bond donors (Lipinski definition) is 2. The van der Waals surface area contributed by atoms with E-state index in [9.17, 15) is 35.6 Å². The van der Waals surface area contributed by atoms with Crippen LogP contribution >= 0.6 is 12.6 Å². The Morgan fingerprint density at radius 2 is 1.57 bits per heavy atom. The number of amides is 2. The van der Waals surface area contributed by atoms with Crippen LogP contribution < -0.4 is 5.43 Å². The number of nitrogens with zero attached hydrogens (tertiary/aromatic N) is 2. The minimum absolute atomic E-state index is 0.0387. The Kier molecular flexibility index (Phi) is 8.26. The molecule has 0 saturated carbocycles. The van der Waals surface area contributed by atoms with Gasteiger partial charge in [0, 0.05) is 23.4 Å². The van der Waals surface area contributed by atoms with Gasteiger partial charge in [0.15, 0.2) is 0 Å². The number of rotatable bonds is 6. The van der Waals surface area contributed by atoms with Crippen molar-refractivity contribution in [1.82, 2.24) is 14.7 Å². The standard InChI is InChI=1S/C29H23F4N3O4S2/c30-20-7-10-25(32)19(11-20)15-35(29(38)24-9-6-21(31)13-26(24)33)34-28(37)27-14-22(41)16-36(27)42(39,40)23-8-5-17-3-1-2-4-18(17)12-23/h1-13,22,27,41H,14-16H2,(H,34,37)/t22-,27+/m1/s1. The third-order valence-corrected chi connectivity index (χ3v) is 9.10. The van der Waals surface area contributed by atoms with Gasteiger partial charge in [-0.2, -0.15) is 16.9 Å². The molecule has 0 aromatic heterocycles. The molecule has 0 unspecified atom stereocenters. The molecule has 42 heavy (non-hydrogen) atoms. The number of halogens is 4. The Labute approximate surface area is 244 Å². The molecule has 1 N–H and O–H groups in total. The van der Waals surface area contributed by atoms with Crippen molar-refractivity contribution in [2.75, 3.05) is 6.54 Å². The van der Waals surface area contributed by atoms with Gasteiger partial charge in [-0.1, -0.05) is 30.3 Å². The Morgan fingerprint density at radius 3 is 2.31 bits per heavy atom. The number of hydrazine groups is 1. The topological polar surface area (TPSA) is 86.8 Å². The average Bonchev–Trinajstić information content (AvgIpc) is 3.36. The van der Waals surface area contributed by atoms with E-state index in [1.54, 1.807) is 18.2 Å². The summed E-state index contributed by atoms with van der Waals surface area (Å²) in [6.45, 7) is -0.880. The summed E-state index contributed by atoms with van der Waals surface area (Å²) in [5.41, 5.74) is 1.24. The molecule has 13 heteroatoms. The van der Waals surface area contributed by atoms with Crippen molar-refractivity contribution in [3.8, 4) is 0 Å². The molecule has 1 aliphatic heterocycles. The number of hydrogen-bond acceptors (Lipinski definition) is 5.